The fourth-order valence-electron chi connectivity index (χ4n) is 3.62. The van der Waals surface area contributed by atoms with Gasteiger partial charge in [-0.1, -0.05) is 23.7 Å². The number of hydrogen-bond acceptors (Lipinski definition) is 5. The zero-order valence-electron chi connectivity index (χ0n) is 16.8. The minimum Gasteiger partial charge on any atom is -0.507 e. The van der Waals surface area contributed by atoms with Crippen molar-refractivity contribution in [2.75, 3.05) is 4.90 Å². The Bertz CT molecular complexity index is 1390. The molecule has 3 aromatic carbocycles. The number of aliphatic hydroxyl groups excluding tert-OH is 1. The predicted molar refractivity (Wildman–Crippen MR) is 120 cm³/mol. The van der Waals surface area contributed by atoms with Crippen molar-refractivity contribution < 1.29 is 27.5 Å². The summed E-state index contributed by atoms with van der Waals surface area (Å²) in [5, 5.41) is 16.5. The molecule has 7 nitrogen and oxygen atoms in total. The van der Waals surface area contributed by atoms with E-state index in [0.717, 1.165) is 4.90 Å². The molecule has 0 saturated carbocycles. The molecule has 0 bridgehead atoms. The standard InChI is InChI=1S/C23H16ClFN2O5S/c24-15-5-1-14(2-6-15)21(28)19-20(13-3-7-16(25)8-4-13)27(23(30)22(19)29)17-9-11-18(12-10-17)33(26,31)32/h1-12,20,28H,(H2,26,31,32)/t20-/m0/s1. The van der Waals surface area contributed by atoms with Crippen molar-refractivity contribution in [2.24, 2.45) is 5.14 Å². The topological polar surface area (TPSA) is 118 Å². The Kier molecular flexibility index (Phi) is 5.79. The Morgan fingerprint density at radius 1 is 0.939 bits per heavy atom. The molecule has 1 aliphatic heterocycles. The lowest BCUT2D eigenvalue weighted by molar-refractivity contribution is -0.132. The maximum Gasteiger partial charge on any atom is 0.300 e. The van der Waals surface area contributed by atoms with Crippen molar-refractivity contribution in [3.8, 4) is 0 Å². The van der Waals surface area contributed by atoms with E-state index in [1.165, 1.54) is 72.8 Å². The summed E-state index contributed by atoms with van der Waals surface area (Å²) in [4.78, 5) is 27.0. The molecule has 3 aromatic rings. The zero-order chi connectivity index (χ0) is 23.9. The van der Waals surface area contributed by atoms with E-state index in [4.69, 9.17) is 16.7 Å². The van der Waals surface area contributed by atoms with Crippen LogP contribution < -0.4 is 10.0 Å². The molecule has 4 rings (SSSR count). The van der Waals surface area contributed by atoms with E-state index < -0.39 is 39.3 Å². The summed E-state index contributed by atoms with van der Waals surface area (Å²) in [5.74, 6) is -2.84. The number of hydrogen-bond donors (Lipinski definition) is 2. The van der Waals surface area contributed by atoms with Crippen LogP contribution in [0.4, 0.5) is 10.1 Å². The predicted octanol–water partition coefficient (Wildman–Crippen LogP) is 3.75. The van der Waals surface area contributed by atoms with E-state index in [0.29, 0.717) is 10.6 Å². The summed E-state index contributed by atoms with van der Waals surface area (Å²) in [6.07, 6.45) is 0. The molecule has 1 atom stereocenters. The first-order valence-corrected chi connectivity index (χ1v) is 11.5. The fraction of sp³-hybridized carbons (Fsp3) is 0.0435. The summed E-state index contributed by atoms with van der Waals surface area (Å²) in [5.41, 5.74) is 0.606. The van der Waals surface area contributed by atoms with Crippen molar-refractivity contribution in [1.82, 2.24) is 0 Å². The SMILES string of the molecule is NS(=O)(=O)c1ccc(N2C(=O)C(=O)C(=C(O)c3ccc(Cl)cc3)[C@@H]2c2ccc(F)cc2)cc1. The van der Waals surface area contributed by atoms with Crippen LogP contribution in [0.25, 0.3) is 5.76 Å². The van der Waals surface area contributed by atoms with E-state index in [2.05, 4.69) is 0 Å². The van der Waals surface area contributed by atoms with Crippen LogP contribution in [0.5, 0.6) is 0 Å². The number of aliphatic hydroxyl groups is 1. The second-order valence-electron chi connectivity index (χ2n) is 7.27. The average Bonchev–Trinajstić information content (AvgIpc) is 3.04. The van der Waals surface area contributed by atoms with Gasteiger partial charge < -0.3 is 5.11 Å². The quantitative estimate of drug-likeness (QED) is 0.331. The second-order valence-corrected chi connectivity index (χ2v) is 9.26. The minimum atomic E-state index is -3.97. The number of halogens is 2. The summed E-state index contributed by atoms with van der Waals surface area (Å²) >= 11 is 5.90. The molecule has 10 heteroatoms. The van der Waals surface area contributed by atoms with Gasteiger partial charge in [0.1, 0.15) is 11.6 Å². The van der Waals surface area contributed by atoms with Crippen LogP contribution in [0.3, 0.4) is 0 Å². The highest BCUT2D eigenvalue weighted by Gasteiger charge is 2.47. The van der Waals surface area contributed by atoms with Gasteiger partial charge in [-0.2, -0.15) is 0 Å². The molecule has 0 aromatic heterocycles. The number of rotatable bonds is 4. The molecule has 1 saturated heterocycles. The summed E-state index contributed by atoms with van der Waals surface area (Å²) in [7, 11) is -3.97. The van der Waals surface area contributed by atoms with Gasteiger partial charge in [-0.3, -0.25) is 14.5 Å². The molecule has 3 N–H and O–H groups in total. The molecule has 168 valence electrons. The first kappa shape index (κ1) is 22.7. The van der Waals surface area contributed by atoms with Crippen molar-refractivity contribution in [1.29, 1.82) is 0 Å². The lowest BCUT2D eigenvalue weighted by Crippen LogP contribution is -2.29. The third kappa shape index (κ3) is 4.25. The van der Waals surface area contributed by atoms with Crippen molar-refractivity contribution in [2.45, 2.75) is 10.9 Å². The number of amides is 1. The lowest BCUT2D eigenvalue weighted by atomic mass is 9.95. The van der Waals surface area contributed by atoms with Gasteiger partial charge in [0.15, 0.2) is 0 Å². The van der Waals surface area contributed by atoms with Crippen molar-refractivity contribution in [3.05, 3.63) is 100 Å². The van der Waals surface area contributed by atoms with E-state index in [9.17, 15) is 27.5 Å². The second kappa shape index (κ2) is 8.43. The number of nitrogens with zero attached hydrogens (tertiary/aromatic N) is 1. The number of sulfonamides is 1. The van der Waals surface area contributed by atoms with Crippen LogP contribution in [-0.2, 0) is 19.6 Å². The normalized spacial score (nSPS) is 18.0. The van der Waals surface area contributed by atoms with Gasteiger partial charge in [-0.15, -0.1) is 0 Å². The molecule has 0 spiro atoms. The van der Waals surface area contributed by atoms with E-state index in [1.54, 1.807) is 0 Å². The van der Waals surface area contributed by atoms with Gasteiger partial charge in [-0.05, 0) is 66.2 Å². The molecule has 1 heterocycles. The number of Topliss-reactive ketones (excluding diaryl/α,β-unsaturated/α-hetero) is 1. The molecule has 1 amide bonds. The van der Waals surface area contributed by atoms with Crippen LogP contribution >= 0.6 is 11.6 Å². The summed E-state index contributed by atoms with van der Waals surface area (Å²) < 4.78 is 36.7. The van der Waals surface area contributed by atoms with Crippen LogP contribution in [0, 0.1) is 5.82 Å². The maximum atomic E-state index is 13.6. The van der Waals surface area contributed by atoms with Crippen molar-refractivity contribution >= 4 is 44.8 Å². The van der Waals surface area contributed by atoms with Gasteiger partial charge in [0.05, 0.1) is 16.5 Å². The number of ketones is 1. The van der Waals surface area contributed by atoms with Crippen LogP contribution in [-0.4, -0.2) is 25.2 Å². The third-order valence-corrected chi connectivity index (χ3v) is 6.37. The molecular weight excluding hydrogens is 471 g/mol. The molecule has 33 heavy (non-hydrogen) atoms. The Hall–Kier alpha value is -3.53. The average molecular weight is 487 g/mol. The Morgan fingerprint density at radius 3 is 2.06 bits per heavy atom. The Morgan fingerprint density at radius 2 is 1.52 bits per heavy atom. The highest BCUT2D eigenvalue weighted by molar-refractivity contribution is 7.89. The Labute approximate surface area is 193 Å². The molecule has 1 fully saturated rings. The van der Waals surface area contributed by atoms with Gasteiger partial charge in [0, 0.05) is 16.3 Å². The molecule has 1 aliphatic rings. The number of primary sulfonamides is 1. The van der Waals surface area contributed by atoms with Gasteiger partial charge in [-0.25, -0.2) is 17.9 Å². The first-order valence-electron chi connectivity index (χ1n) is 9.53. The minimum absolute atomic E-state index is 0.178. The molecular formula is C23H16ClFN2O5S. The van der Waals surface area contributed by atoms with Crippen molar-refractivity contribution in [3.63, 3.8) is 0 Å². The van der Waals surface area contributed by atoms with E-state index >= 15 is 0 Å². The number of carbonyl (C=O) groups excluding carboxylic acids is 2. The smallest absolute Gasteiger partial charge is 0.300 e. The monoisotopic (exact) mass is 486 g/mol. The first-order chi connectivity index (χ1) is 15.6. The molecule has 0 unspecified atom stereocenters. The highest BCUT2D eigenvalue weighted by atomic mass is 35.5. The summed E-state index contributed by atoms with van der Waals surface area (Å²) in [6.45, 7) is 0. The molecule has 0 radical (unpaired) electrons. The fourth-order valence-corrected chi connectivity index (χ4v) is 4.26. The maximum absolute atomic E-state index is 13.6. The van der Waals surface area contributed by atoms with E-state index in [1.807, 2.05) is 0 Å². The Balaban J connectivity index is 1.91. The van der Waals surface area contributed by atoms with Gasteiger partial charge in [0.25, 0.3) is 11.7 Å². The van der Waals surface area contributed by atoms with E-state index in [-0.39, 0.29) is 21.7 Å². The highest BCUT2D eigenvalue weighted by Crippen LogP contribution is 2.42. The van der Waals surface area contributed by atoms with Gasteiger partial charge >= 0.3 is 0 Å². The number of anilines is 1. The van der Waals surface area contributed by atoms with Crippen LogP contribution in [0.1, 0.15) is 17.2 Å². The summed E-state index contributed by atoms with van der Waals surface area (Å²) in [6, 6.07) is 15.1. The van der Waals surface area contributed by atoms with Crippen LogP contribution in [0.15, 0.2) is 83.3 Å². The number of carbonyl (C=O) groups is 2. The van der Waals surface area contributed by atoms with Gasteiger partial charge in [0.2, 0.25) is 10.0 Å². The number of benzene rings is 3. The largest absolute Gasteiger partial charge is 0.507 e. The lowest BCUT2D eigenvalue weighted by Gasteiger charge is -2.25. The molecule has 0 aliphatic carbocycles. The zero-order valence-corrected chi connectivity index (χ0v) is 18.3. The van der Waals surface area contributed by atoms with Crippen LogP contribution in [0.2, 0.25) is 5.02 Å². The third-order valence-electron chi connectivity index (χ3n) is 5.19. The number of nitrogens with two attached hydrogens (primary N) is 1.